The summed E-state index contributed by atoms with van der Waals surface area (Å²) in [6, 6.07) is 7.52. The Labute approximate surface area is 118 Å². The van der Waals surface area contributed by atoms with E-state index in [1.165, 1.54) is 0 Å². The van der Waals surface area contributed by atoms with E-state index in [4.69, 9.17) is 9.47 Å². The first kappa shape index (κ1) is 14.8. The zero-order chi connectivity index (χ0) is 14.6. The summed E-state index contributed by atoms with van der Waals surface area (Å²) >= 11 is 0. The summed E-state index contributed by atoms with van der Waals surface area (Å²) < 4.78 is 10.7. The topological polar surface area (TPSA) is 67.8 Å². The molecule has 1 aliphatic rings. The van der Waals surface area contributed by atoms with Crippen LogP contribution in [-0.2, 0) is 9.53 Å². The highest BCUT2D eigenvalue weighted by Gasteiger charge is 2.33. The molecule has 0 spiro atoms. The van der Waals surface area contributed by atoms with E-state index in [-0.39, 0.29) is 19.1 Å². The van der Waals surface area contributed by atoms with Gasteiger partial charge in [0.05, 0.1) is 6.61 Å². The third-order valence-electron chi connectivity index (χ3n) is 3.38. The lowest BCUT2D eigenvalue weighted by Crippen LogP contribution is -2.46. The van der Waals surface area contributed by atoms with Crippen LogP contribution in [0, 0.1) is 6.92 Å². The highest BCUT2D eigenvalue weighted by atomic mass is 16.5. The molecule has 0 radical (unpaired) electrons. The van der Waals surface area contributed by atoms with Crippen molar-refractivity contribution in [1.82, 2.24) is 5.32 Å². The summed E-state index contributed by atoms with van der Waals surface area (Å²) in [7, 11) is 0. The quantitative estimate of drug-likeness (QED) is 0.845. The van der Waals surface area contributed by atoms with E-state index in [9.17, 15) is 9.90 Å². The van der Waals surface area contributed by atoms with E-state index in [0.717, 1.165) is 5.56 Å². The maximum absolute atomic E-state index is 11.9. The van der Waals surface area contributed by atoms with Gasteiger partial charge in [-0.1, -0.05) is 17.7 Å². The molecular weight excluding hydrogens is 258 g/mol. The second kappa shape index (κ2) is 6.24. The van der Waals surface area contributed by atoms with E-state index < -0.39 is 11.7 Å². The van der Waals surface area contributed by atoms with Gasteiger partial charge >= 0.3 is 0 Å². The highest BCUT2D eigenvalue weighted by molar-refractivity contribution is 5.80. The third kappa shape index (κ3) is 3.95. The van der Waals surface area contributed by atoms with Crippen LogP contribution >= 0.6 is 0 Å². The molecule has 20 heavy (non-hydrogen) atoms. The maximum atomic E-state index is 11.9. The van der Waals surface area contributed by atoms with Crippen LogP contribution in [0.3, 0.4) is 0 Å². The Balaban J connectivity index is 1.81. The third-order valence-corrected chi connectivity index (χ3v) is 3.38. The Hall–Kier alpha value is -1.59. The van der Waals surface area contributed by atoms with Gasteiger partial charge in [-0.2, -0.15) is 0 Å². The maximum Gasteiger partial charge on any atom is 0.260 e. The number of aliphatic hydroxyl groups is 1. The Morgan fingerprint density at radius 1 is 1.50 bits per heavy atom. The van der Waals surface area contributed by atoms with Crippen LogP contribution < -0.4 is 10.1 Å². The summed E-state index contributed by atoms with van der Waals surface area (Å²) in [5.74, 6) is 0.409. The fourth-order valence-corrected chi connectivity index (χ4v) is 2.01. The molecule has 5 heteroatoms. The molecule has 110 valence electrons. The minimum Gasteiger partial charge on any atom is -0.481 e. The molecule has 2 N–H and O–H groups in total. The van der Waals surface area contributed by atoms with Crippen molar-refractivity contribution in [2.24, 2.45) is 0 Å². The van der Waals surface area contributed by atoms with Gasteiger partial charge in [0.2, 0.25) is 0 Å². The van der Waals surface area contributed by atoms with Crippen molar-refractivity contribution < 1.29 is 19.4 Å². The number of hydrogen-bond acceptors (Lipinski definition) is 4. The molecule has 1 aromatic rings. The average Bonchev–Trinajstić information content (AvgIpc) is 2.86. The minimum absolute atomic E-state index is 0.188. The number of carbonyl (C=O) groups is 1. The van der Waals surface area contributed by atoms with Crippen molar-refractivity contribution >= 4 is 5.91 Å². The standard InChI is InChI=1S/C15H21NO4/c1-11-3-5-13(6-4-11)20-12(2)14(17)16-9-15(18)7-8-19-10-15/h3-6,12,18H,7-10H2,1-2H3,(H,16,17). The summed E-state index contributed by atoms with van der Waals surface area (Å²) in [5.41, 5.74) is 0.192. The first-order valence-electron chi connectivity index (χ1n) is 6.80. The molecule has 1 amide bonds. The van der Waals surface area contributed by atoms with Gasteiger partial charge in [0.1, 0.15) is 11.4 Å². The van der Waals surface area contributed by atoms with E-state index in [0.29, 0.717) is 18.8 Å². The predicted octanol–water partition coefficient (Wildman–Crippen LogP) is 1.03. The smallest absolute Gasteiger partial charge is 0.260 e. The van der Waals surface area contributed by atoms with Gasteiger partial charge < -0.3 is 19.9 Å². The van der Waals surface area contributed by atoms with Crippen LogP contribution in [-0.4, -0.2) is 42.5 Å². The zero-order valence-electron chi connectivity index (χ0n) is 11.9. The number of benzene rings is 1. The molecule has 0 aromatic heterocycles. The van der Waals surface area contributed by atoms with Gasteiger partial charge in [0.25, 0.3) is 5.91 Å². The van der Waals surface area contributed by atoms with Gasteiger partial charge in [0.15, 0.2) is 6.10 Å². The van der Waals surface area contributed by atoms with Gasteiger partial charge in [-0.15, -0.1) is 0 Å². The van der Waals surface area contributed by atoms with Crippen LogP contribution in [0.1, 0.15) is 18.9 Å². The molecule has 2 rings (SSSR count). The molecule has 1 heterocycles. The van der Waals surface area contributed by atoms with Crippen molar-refractivity contribution in [2.45, 2.75) is 32.0 Å². The monoisotopic (exact) mass is 279 g/mol. The van der Waals surface area contributed by atoms with Crippen molar-refractivity contribution in [2.75, 3.05) is 19.8 Å². The Morgan fingerprint density at radius 2 is 2.20 bits per heavy atom. The van der Waals surface area contributed by atoms with Crippen LogP contribution in [0.25, 0.3) is 0 Å². The number of rotatable bonds is 5. The Kier molecular flexibility index (Phi) is 4.62. The van der Waals surface area contributed by atoms with E-state index in [2.05, 4.69) is 5.32 Å². The van der Waals surface area contributed by atoms with Crippen molar-refractivity contribution in [1.29, 1.82) is 0 Å². The second-order valence-corrected chi connectivity index (χ2v) is 5.32. The molecule has 0 bridgehead atoms. The van der Waals surface area contributed by atoms with Gasteiger partial charge in [-0.25, -0.2) is 0 Å². The summed E-state index contributed by atoms with van der Waals surface area (Å²) in [5, 5.41) is 12.8. The molecule has 1 aliphatic heterocycles. The van der Waals surface area contributed by atoms with E-state index >= 15 is 0 Å². The molecular formula is C15H21NO4. The van der Waals surface area contributed by atoms with E-state index in [1.54, 1.807) is 6.92 Å². The number of nitrogens with one attached hydrogen (secondary N) is 1. The molecule has 0 aliphatic carbocycles. The van der Waals surface area contributed by atoms with Crippen LogP contribution in [0.15, 0.2) is 24.3 Å². The lowest BCUT2D eigenvalue weighted by molar-refractivity contribution is -0.128. The van der Waals surface area contributed by atoms with Crippen molar-refractivity contribution in [3.63, 3.8) is 0 Å². The summed E-state index contributed by atoms with van der Waals surface area (Å²) in [6.45, 7) is 4.66. The average molecular weight is 279 g/mol. The zero-order valence-corrected chi connectivity index (χ0v) is 11.9. The second-order valence-electron chi connectivity index (χ2n) is 5.32. The fourth-order valence-electron chi connectivity index (χ4n) is 2.01. The highest BCUT2D eigenvalue weighted by Crippen LogP contribution is 2.17. The lowest BCUT2D eigenvalue weighted by Gasteiger charge is -2.22. The molecule has 2 unspecified atom stereocenters. The van der Waals surface area contributed by atoms with Crippen LogP contribution in [0.4, 0.5) is 0 Å². The number of aryl methyl sites for hydroxylation is 1. The predicted molar refractivity (Wildman–Crippen MR) is 74.7 cm³/mol. The Bertz CT molecular complexity index is 451. The number of amides is 1. The molecule has 2 atom stereocenters. The van der Waals surface area contributed by atoms with Gasteiger partial charge in [0, 0.05) is 19.6 Å². The molecule has 0 saturated carbocycles. The van der Waals surface area contributed by atoms with Crippen LogP contribution in [0.5, 0.6) is 5.75 Å². The largest absolute Gasteiger partial charge is 0.481 e. The molecule has 1 fully saturated rings. The molecule has 1 saturated heterocycles. The Morgan fingerprint density at radius 3 is 2.80 bits per heavy atom. The summed E-state index contributed by atoms with van der Waals surface area (Å²) in [6.07, 6.45) is -0.0656. The van der Waals surface area contributed by atoms with Gasteiger partial charge in [-0.3, -0.25) is 4.79 Å². The van der Waals surface area contributed by atoms with Crippen LogP contribution in [0.2, 0.25) is 0 Å². The minimum atomic E-state index is -0.945. The summed E-state index contributed by atoms with van der Waals surface area (Å²) in [4.78, 5) is 11.9. The lowest BCUT2D eigenvalue weighted by atomic mass is 10.0. The number of ether oxygens (including phenoxy) is 2. The first-order chi connectivity index (χ1) is 9.48. The van der Waals surface area contributed by atoms with Gasteiger partial charge in [-0.05, 0) is 26.0 Å². The number of hydrogen-bond donors (Lipinski definition) is 2. The van der Waals surface area contributed by atoms with E-state index in [1.807, 2.05) is 31.2 Å². The SMILES string of the molecule is Cc1ccc(OC(C)C(=O)NCC2(O)CCOC2)cc1. The van der Waals surface area contributed by atoms with Crippen molar-refractivity contribution in [3.05, 3.63) is 29.8 Å². The van der Waals surface area contributed by atoms with Crippen molar-refractivity contribution in [3.8, 4) is 5.75 Å². The first-order valence-corrected chi connectivity index (χ1v) is 6.80. The molecule has 1 aromatic carbocycles. The normalized spacial score (nSPS) is 23.4. The fraction of sp³-hybridized carbons (Fsp3) is 0.533. The number of carbonyl (C=O) groups excluding carboxylic acids is 1. The molecule has 5 nitrogen and oxygen atoms in total.